The summed E-state index contributed by atoms with van der Waals surface area (Å²) in [7, 11) is 1.23. The molecule has 0 radical (unpaired) electrons. The Morgan fingerprint density at radius 1 is 1.08 bits per heavy atom. The molecule has 3 aromatic carbocycles. The normalized spacial score (nSPS) is 17.0. The Bertz CT molecular complexity index is 1620. The summed E-state index contributed by atoms with van der Waals surface area (Å²) in [5.74, 6) is -4.29. The van der Waals surface area contributed by atoms with Crippen molar-refractivity contribution < 1.29 is 41.8 Å². The molecular formula is C25H16F4N4O5. The minimum Gasteiger partial charge on any atom is -0.465 e. The Kier molecular flexibility index (Phi) is 5.58. The number of nitrogens with zero attached hydrogens (tertiary/aromatic N) is 3. The van der Waals surface area contributed by atoms with Crippen LogP contribution >= 0.6 is 0 Å². The minimum atomic E-state index is -5.43. The number of H-pyrrole nitrogens is 1. The molecule has 1 unspecified atom stereocenters. The maximum atomic E-state index is 14.2. The smallest absolute Gasteiger partial charge is 0.465 e. The topological polar surface area (TPSA) is 116 Å². The van der Waals surface area contributed by atoms with E-state index in [4.69, 9.17) is 4.74 Å². The van der Waals surface area contributed by atoms with Gasteiger partial charge in [0.05, 0.1) is 16.7 Å². The van der Waals surface area contributed by atoms with Gasteiger partial charge in [0.2, 0.25) is 11.7 Å². The lowest BCUT2D eigenvalue weighted by Gasteiger charge is -2.38. The molecule has 9 nitrogen and oxygen atoms in total. The number of carbonyl (C=O) groups is 3. The van der Waals surface area contributed by atoms with Crippen LogP contribution < -0.4 is 9.80 Å². The summed E-state index contributed by atoms with van der Waals surface area (Å²) in [5, 5.41) is 9.25. The van der Waals surface area contributed by atoms with Crippen LogP contribution in [0.25, 0.3) is 11.0 Å². The molecule has 38 heavy (non-hydrogen) atoms. The fraction of sp³-hybridized carbons (Fsp3) is 0.120. The van der Waals surface area contributed by atoms with Gasteiger partial charge >= 0.3 is 18.2 Å². The number of hydrogen-bond donors (Lipinski definition) is 2. The Hall–Kier alpha value is -4.94. The number of esters is 1. The number of amides is 2. The van der Waals surface area contributed by atoms with Crippen LogP contribution in [0.3, 0.4) is 0 Å². The zero-order valence-electron chi connectivity index (χ0n) is 19.3. The van der Waals surface area contributed by atoms with Crippen molar-refractivity contribution in [2.45, 2.75) is 11.9 Å². The molecular weight excluding hydrogens is 512 g/mol. The highest BCUT2D eigenvalue weighted by atomic mass is 19.4. The lowest BCUT2D eigenvalue weighted by atomic mass is 9.92. The third kappa shape index (κ3) is 3.79. The first-order chi connectivity index (χ1) is 17.9. The standard InChI is InChI=1S/C25H16F4N4O5/c1-32(23(36)37)22-30-18-10-9-13(11-19(18)31-22)24(38-21(35)25(27,28)29)17-8-3-2-7-16(17)20(34)33(24)15-6-4-5-14(26)12-15/h2-12H,1H3,(H,30,31)(H,36,37). The van der Waals surface area contributed by atoms with E-state index in [0.29, 0.717) is 0 Å². The predicted molar refractivity (Wildman–Crippen MR) is 125 cm³/mol. The second kappa shape index (κ2) is 8.57. The molecule has 5 rings (SSSR count). The first kappa shape index (κ1) is 24.7. The van der Waals surface area contributed by atoms with Gasteiger partial charge in [-0.15, -0.1) is 0 Å². The van der Waals surface area contributed by atoms with E-state index in [1.54, 1.807) is 0 Å². The fourth-order valence-corrected chi connectivity index (χ4v) is 4.36. The van der Waals surface area contributed by atoms with Gasteiger partial charge in [-0.3, -0.25) is 14.6 Å². The summed E-state index contributed by atoms with van der Waals surface area (Å²) < 4.78 is 60.1. The Morgan fingerprint density at radius 2 is 1.82 bits per heavy atom. The van der Waals surface area contributed by atoms with Crippen molar-refractivity contribution in [1.82, 2.24) is 9.97 Å². The number of ether oxygens (including phenoxy) is 1. The van der Waals surface area contributed by atoms with Gasteiger partial charge in [0.25, 0.3) is 5.91 Å². The van der Waals surface area contributed by atoms with E-state index >= 15 is 0 Å². The minimum absolute atomic E-state index is 0.0669. The fourth-order valence-electron chi connectivity index (χ4n) is 4.36. The number of aromatic amines is 1. The van der Waals surface area contributed by atoms with Gasteiger partial charge in [-0.1, -0.05) is 30.3 Å². The van der Waals surface area contributed by atoms with E-state index in [1.165, 1.54) is 61.6 Å². The van der Waals surface area contributed by atoms with E-state index in [1.807, 2.05) is 0 Å². The Labute approximate surface area is 210 Å². The average Bonchev–Trinajstić information content (AvgIpc) is 3.40. The lowest BCUT2D eigenvalue weighted by Crippen LogP contribution is -2.50. The highest BCUT2D eigenvalue weighted by Gasteiger charge is 2.58. The van der Waals surface area contributed by atoms with Crippen molar-refractivity contribution in [3.8, 4) is 0 Å². The molecule has 2 N–H and O–H groups in total. The molecule has 4 aromatic rings. The largest absolute Gasteiger partial charge is 0.491 e. The monoisotopic (exact) mass is 528 g/mol. The van der Waals surface area contributed by atoms with Crippen LogP contribution in [0.5, 0.6) is 0 Å². The molecule has 0 saturated carbocycles. The quantitative estimate of drug-likeness (QED) is 0.291. The van der Waals surface area contributed by atoms with Crippen molar-refractivity contribution in [3.63, 3.8) is 0 Å². The molecule has 0 bridgehead atoms. The number of carbonyl (C=O) groups excluding carboxylic acids is 2. The summed E-state index contributed by atoms with van der Waals surface area (Å²) >= 11 is 0. The van der Waals surface area contributed by atoms with Crippen molar-refractivity contribution in [2.75, 3.05) is 16.8 Å². The first-order valence-electron chi connectivity index (χ1n) is 10.9. The number of benzene rings is 3. The molecule has 0 spiro atoms. The van der Waals surface area contributed by atoms with Crippen LogP contribution in [-0.4, -0.2) is 46.3 Å². The van der Waals surface area contributed by atoms with Gasteiger partial charge in [0, 0.05) is 23.7 Å². The van der Waals surface area contributed by atoms with Gasteiger partial charge < -0.3 is 14.8 Å². The molecule has 2 heterocycles. The zero-order chi connectivity index (χ0) is 27.4. The second-order valence-electron chi connectivity index (χ2n) is 8.33. The predicted octanol–water partition coefficient (Wildman–Crippen LogP) is 4.78. The van der Waals surface area contributed by atoms with Crippen LogP contribution in [-0.2, 0) is 15.3 Å². The lowest BCUT2D eigenvalue weighted by molar-refractivity contribution is -0.211. The SMILES string of the molecule is CN(C(=O)O)c1nc2ccc(C3(OC(=O)C(F)(F)F)c4ccccc4C(=O)N3c3cccc(F)c3)cc2[nH]1. The number of halogens is 4. The van der Waals surface area contributed by atoms with Gasteiger partial charge in [-0.25, -0.2) is 19.0 Å². The molecule has 194 valence electrons. The number of alkyl halides is 3. The molecule has 1 aliphatic rings. The molecule has 0 aliphatic carbocycles. The van der Waals surface area contributed by atoms with E-state index < -0.39 is 35.7 Å². The van der Waals surface area contributed by atoms with Crippen LogP contribution in [0.15, 0.2) is 66.7 Å². The third-order valence-corrected chi connectivity index (χ3v) is 6.04. The first-order valence-corrected chi connectivity index (χ1v) is 10.9. The molecule has 13 heteroatoms. The van der Waals surface area contributed by atoms with E-state index in [2.05, 4.69) is 9.97 Å². The summed E-state index contributed by atoms with van der Waals surface area (Å²) in [5.41, 5.74) is -2.54. The maximum absolute atomic E-state index is 14.2. The number of anilines is 2. The van der Waals surface area contributed by atoms with E-state index in [-0.39, 0.29) is 39.4 Å². The summed E-state index contributed by atoms with van der Waals surface area (Å²) in [6.07, 6.45) is -6.76. The molecule has 1 aromatic heterocycles. The van der Waals surface area contributed by atoms with Crippen LogP contribution in [0.1, 0.15) is 21.5 Å². The number of carboxylic acid groups (broad SMARTS) is 1. The molecule has 2 amide bonds. The highest BCUT2D eigenvalue weighted by molar-refractivity contribution is 6.13. The average molecular weight is 528 g/mol. The third-order valence-electron chi connectivity index (χ3n) is 6.04. The number of rotatable bonds is 4. The zero-order valence-corrected chi connectivity index (χ0v) is 19.3. The van der Waals surface area contributed by atoms with E-state index in [0.717, 1.165) is 21.9 Å². The molecule has 1 aliphatic heterocycles. The molecule has 1 atom stereocenters. The Morgan fingerprint density at radius 3 is 2.50 bits per heavy atom. The van der Waals surface area contributed by atoms with Gasteiger partial charge in [-0.2, -0.15) is 13.2 Å². The number of imidazole rings is 1. The van der Waals surface area contributed by atoms with Crippen molar-refractivity contribution >= 4 is 40.6 Å². The van der Waals surface area contributed by atoms with Crippen LogP contribution in [0, 0.1) is 5.82 Å². The second-order valence-corrected chi connectivity index (χ2v) is 8.33. The van der Waals surface area contributed by atoms with Crippen LogP contribution in [0.4, 0.5) is 34.0 Å². The highest BCUT2D eigenvalue weighted by Crippen LogP contribution is 2.49. The van der Waals surface area contributed by atoms with Gasteiger partial charge in [0.1, 0.15) is 5.82 Å². The number of fused-ring (bicyclic) bond motifs is 2. The van der Waals surface area contributed by atoms with Crippen molar-refractivity contribution in [2.24, 2.45) is 0 Å². The summed E-state index contributed by atoms with van der Waals surface area (Å²) in [6.45, 7) is 0. The maximum Gasteiger partial charge on any atom is 0.491 e. The van der Waals surface area contributed by atoms with E-state index in [9.17, 15) is 37.1 Å². The molecule has 0 saturated heterocycles. The molecule has 0 fully saturated rings. The number of nitrogens with one attached hydrogen (secondary N) is 1. The van der Waals surface area contributed by atoms with Crippen LogP contribution in [0.2, 0.25) is 0 Å². The van der Waals surface area contributed by atoms with Crippen molar-refractivity contribution in [3.05, 3.63) is 89.2 Å². The Balaban J connectivity index is 1.81. The van der Waals surface area contributed by atoms with Crippen molar-refractivity contribution in [1.29, 1.82) is 0 Å². The summed E-state index contributed by atoms with van der Waals surface area (Å²) in [6, 6.07) is 14.1. The number of aromatic nitrogens is 2. The van der Waals surface area contributed by atoms with Gasteiger partial charge in [0.15, 0.2) is 0 Å². The summed E-state index contributed by atoms with van der Waals surface area (Å²) in [4.78, 5) is 45.7. The van der Waals surface area contributed by atoms with Gasteiger partial charge in [-0.05, 0) is 36.4 Å². The number of hydrogen-bond acceptors (Lipinski definition) is 5.